The Hall–Kier alpha value is -4.91. The van der Waals surface area contributed by atoms with Crippen molar-refractivity contribution in [2.45, 2.75) is 58.8 Å². The molecular weight excluding hydrogens is 570 g/mol. The smallest absolute Gasteiger partial charge is 0.324 e. The van der Waals surface area contributed by atoms with Crippen LogP contribution >= 0.6 is 0 Å². The third-order valence-corrected chi connectivity index (χ3v) is 8.84. The number of aromatic nitrogens is 2. The van der Waals surface area contributed by atoms with E-state index in [4.69, 9.17) is 5.10 Å². The number of piperidine rings is 1. The lowest BCUT2D eigenvalue weighted by molar-refractivity contribution is -0.131. The number of carbonyl (C=O) groups excluding carboxylic acids is 2. The predicted octanol–water partition coefficient (Wildman–Crippen LogP) is 8.30. The monoisotopic (exact) mass is 613 g/mol. The number of nitrogens with one attached hydrogen (secondary N) is 2. The molecule has 2 heterocycles. The van der Waals surface area contributed by atoms with Crippen LogP contribution in [0, 0.1) is 12.8 Å². The van der Waals surface area contributed by atoms with Crippen molar-refractivity contribution in [3.63, 3.8) is 0 Å². The Bertz CT molecular complexity index is 1840. The number of likely N-dealkylation sites (tertiary alicyclic amines) is 1. The standard InChI is InChI=1S/C39H43N5O2/c1-27-12-16-34(17-13-27)44-36(26-35(42-44)39(2,3)4)41-38(46)40-33-11-7-8-29(24-33)22-28-18-20-43(21-19-28)37(45)25-30-14-15-31-9-5-6-10-32(31)23-30/h5-17,23-24,26,28H,18-22,25H2,1-4H3,(H2,40,41,46). The van der Waals surface area contributed by atoms with E-state index in [2.05, 4.69) is 73.9 Å². The molecule has 1 aromatic heterocycles. The molecule has 1 fully saturated rings. The van der Waals surface area contributed by atoms with Crippen LogP contribution in [0.2, 0.25) is 0 Å². The van der Waals surface area contributed by atoms with Crippen molar-refractivity contribution in [3.05, 3.63) is 119 Å². The van der Waals surface area contributed by atoms with Gasteiger partial charge in [0.05, 0.1) is 17.8 Å². The third kappa shape index (κ3) is 7.48. The molecule has 5 aromatic rings. The fourth-order valence-corrected chi connectivity index (χ4v) is 6.13. The first-order valence-electron chi connectivity index (χ1n) is 16.2. The van der Waals surface area contributed by atoms with E-state index in [0.29, 0.717) is 18.2 Å². The van der Waals surface area contributed by atoms with Crippen LogP contribution in [0.5, 0.6) is 0 Å². The number of anilines is 2. The molecule has 6 rings (SSSR count). The summed E-state index contributed by atoms with van der Waals surface area (Å²) in [7, 11) is 0. The largest absolute Gasteiger partial charge is 0.342 e. The molecule has 3 amide bonds. The summed E-state index contributed by atoms with van der Waals surface area (Å²) in [6.45, 7) is 9.94. The van der Waals surface area contributed by atoms with Gasteiger partial charge in [-0.3, -0.25) is 10.1 Å². The van der Waals surface area contributed by atoms with E-state index >= 15 is 0 Å². The second-order valence-corrected chi connectivity index (χ2v) is 13.6. The van der Waals surface area contributed by atoms with Crippen LogP contribution in [0.4, 0.5) is 16.3 Å². The second-order valence-electron chi connectivity index (χ2n) is 13.6. The van der Waals surface area contributed by atoms with Gasteiger partial charge in [0.25, 0.3) is 0 Å². The molecule has 7 heteroatoms. The average molecular weight is 614 g/mol. The Kier molecular flexibility index (Phi) is 8.93. The van der Waals surface area contributed by atoms with Crippen molar-refractivity contribution in [1.29, 1.82) is 0 Å². The van der Waals surface area contributed by atoms with Gasteiger partial charge in [-0.2, -0.15) is 5.10 Å². The normalized spacial score (nSPS) is 14.0. The molecule has 0 radical (unpaired) electrons. The van der Waals surface area contributed by atoms with E-state index in [9.17, 15) is 9.59 Å². The fraction of sp³-hybridized carbons (Fsp3) is 0.308. The van der Waals surface area contributed by atoms with Gasteiger partial charge < -0.3 is 10.2 Å². The van der Waals surface area contributed by atoms with Gasteiger partial charge in [0.2, 0.25) is 5.91 Å². The van der Waals surface area contributed by atoms with Gasteiger partial charge in [0.1, 0.15) is 5.82 Å². The van der Waals surface area contributed by atoms with E-state index in [1.165, 1.54) is 16.3 Å². The molecule has 4 aromatic carbocycles. The molecule has 46 heavy (non-hydrogen) atoms. The molecule has 7 nitrogen and oxygen atoms in total. The van der Waals surface area contributed by atoms with Crippen LogP contribution in [0.3, 0.4) is 0 Å². The van der Waals surface area contributed by atoms with E-state index in [1.807, 2.05) is 66.4 Å². The summed E-state index contributed by atoms with van der Waals surface area (Å²) >= 11 is 0. The Balaban J connectivity index is 1.04. The predicted molar refractivity (Wildman–Crippen MR) is 187 cm³/mol. The van der Waals surface area contributed by atoms with Crippen LogP contribution < -0.4 is 10.6 Å². The fourth-order valence-electron chi connectivity index (χ4n) is 6.13. The zero-order valence-corrected chi connectivity index (χ0v) is 27.2. The quantitative estimate of drug-likeness (QED) is 0.194. The molecule has 0 unspecified atom stereocenters. The van der Waals surface area contributed by atoms with Crippen LogP contribution in [-0.4, -0.2) is 39.7 Å². The third-order valence-electron chi connectivity index (χ3n) is 8.84. The summed E-state index contributed by atoms with van der Waals surface area (Å²) in [6, 6.07) is 32.3. The summed E-state index contributed by atoms with van der Waals surface area (Å²) in [5.74, 6) is 1.31. The van der Waals surface area contributed by atoms with Crippen LogP contribution in [0.1, 0.15) is 56.0 Å². The number of hydrogen-bond acceptors (Lipinski definition) is 3. The van der Waals surface area contributed by atoms with E-state index in [1.54, 1.807) is 4.68 Å². The summed E-state index contributed by atoms with van der Waals surface area (Å²) < 4.78 is 1.79. The van der Waals surface area contributed by atoms with Crippen molar-refractivity contribution < 1.29 is 9.59 Å². The number of amides is 3. The Morgan fingerprint density at radius 1 is 0.804 bits per heavy atom. The summed E-state index contributed by atoms with van der Waals surface area (Å²) in [4.78, 5) is 28.3. The average Bonchev–Trinajstić information content (AvgIpc) is 3.46. The minimum atomic E-state index is -0.316. The topological polar surface area (TPSA) is 79.3 Å². The zero-order chi connectivity index (χ0) is 32.3. The summed E-state index contributed by atoms with van der Waals surface area (Å²) in [6.07, 6.45) is 3.30. The first-order valence-corrected chi connectivity index (χ1v) is 16.2. The molecule has 1 aliphatic rings. The number of urea groups is 1. The summed E-state index contributed by atoms with van der Waals surface area (Å²) in [5, 5.41) is 13.2. The lowest BCUT2D eigenvalue weighted by atomic mass is 9.90. The van der Waals surface area contributed by atoms with Gasteiger partial charge in [0.15, 0.2) is 0 Å². The highest BCUT2D eigenvalue weighted by molar-refractivity contribution is 5.99. The van der Waals surface area contributed by atoms with Crippen molar-refractivity contribution in [1.82, 2.24) is 14.7 Å². The first-order chi connectivity index (χ1) is 22.1. The molecule has 0 saturated carbocycles. The maximum atomic E-state index is 13.2. The molecule has 0 spiro atoms. The molecule has 1 aliphatic heterocycles. The molecule has 0 atom stereocenters. The molecule has 236 valence electrons. The SMILES string of the molecule is Cc1ccc(-n2nc(C(C)(C)C)cc2NC(=O)Nc2cccc(CC3CCN(C(=O)Cc4ccc5ccccc5c4)CC3)c2)cc1. The van der Waals surface area contributed by atoms with Crippen molar-refractivity contribution in [2.24, 2.45) is 5.92 Å². The van der Waals surface area contributed by atoms with Gasteiger partial charge in [-0.1, -0.05) is 93.1 Å². The Morgan fingerprint density at radius 2 is 1.54 bits per heavy atom. The van der Waals surface area contributed by atoms with Gasteiger partial charge >= 0.3 is 6.03 Å². The van der Waals surface area contributed by atoms with Gasteiger partial charge in [-0.15, -0.1) is 0 Å². The highest BCUT2D eigenvalue weighted by atomic mass is 16.2. The highest BCUT2D eigenvalue weighted by Gasteiger charge is 2.24. The van der Waals surface area contributed by atoms with E-state index in [-0.39, 0.29) is 17.4 Å². The molecule has 0 aliphatic carbocycles. The highest BCUT2D eigenvalue weighted by Crippen LogP contribution is 2.28. The molecular formula is C39H43N5O2. The molecule has 2 N–H and O–H groups in total. The van der Waals surface area contributed by atoms with Crippen LogP contribution in [-0.2, 0) is 23.1 Å². The number of nitrogens with zero attached hydrogens (tertiary/aromatic N) is 3. The van der Waals surface area contributed by atoms with Gasteiger partial charge in [-0.05, 0) is 78.3 Å². The number of rotatable bonds is 7. The van der Waals surface area contributed by atoms with Crippen molar-refractivity contribution >= 4 is 34.2 Å². The first kappa shape index (κ1) is 31.1. The van der Waals surface area contributed by atoms with Gasteiger partial charge in [0, 0.05) is 30.3 Å². The molecule has 1 saturated heterocycles. The van der Waals surface area contributed by atoms with E-state index in [0.717, 1.165) is 60.5 Å². The number of fused-ring (bicyclic) bond motifs is 1. The zero-order valence-electron chi connectivity index (χ0n) is 27.2. The number of aryl methyl sites for hydroxylation is 1. The number of benzene rings is 4. The minimum Gasteiger partial charge on any atom is -0.342 e. The lowest BCUT2D eigenvalue weighted by Gasteiger charge is -2.32. The Labute approximate surface area is 271 Å². The minimum absolute atomic E-state index is 0.169. The number of hydrogen-bond donors (Lipinski definition) is 2. The van der Waals surface area contributed by atoms with Crippen molar-refractivity contribution in [2.75, 3.05) is 23.7 Å². The maximum absolute atomic E-state index is 13.2. The van der Waals surface area contributed by atoms with Crippen LogP contribution in [0.25, 0.3) is 16.5 Å². The lowest BCUT2D eigenvalue weighted by Crippen LogP contribution is -2.39. The van der Waals surface area contributed by atoms with Gasteiger partial charge in [-0.25, -0.2) is 9.48 Å². The molecule has 0 bridgehead atoms. The van der Waals surface area contributed by atoms with E-state index < -0.39 is 0 Å². The van der Waals surface area contributed by atoms with Crippen molar-refractivity contribution in [3.8, 4) is 5.69 Å². The second kappa shape index (κ2) is 13.2. The van der Waals surface area contributed by atoms with Crippen LogP contribution in [0.15, 0.2) is 97.1 Å². The Morgan fingerprint density at radius 3 is 2.28 bits per heavy atom. The number of carbonyl (C=O) groups is 2. The maximum Gasteiger partial charge on any atom is 0.324 e. The summed E-state index contributed by atoms with van der Waals surface area (Å²) in [5.41, 5.74) is 5.77.